The number of pyridine rings is 1. The van der Waals surface area contributed by atoms with Gasteiger partial charge in [0.05, 0.1) is 17.4 Å². The molecule has 1 aliphatic carbocycles. The Balaban J connectivity index is 1.63. The average Bonchev–Trinajstić information content (AvgIpc) is 2.84. The number of nitrogens with one attached hydrogen (secondary N) is 1. The first-order chi connectivity index (χ1) is 11.2. The highest BCUT2D eigenvalue weighted by atomic mass is 16.1. The van der Waals surface area contributed by atoms with E-state index in [2.05, 4.69) is 22.1 Å². The van der Waals surface area contributed by atoms with Crippen molar-refractivity contribution in [2.75, 3.05) is 18.0 Å². The molecule has 1 N–H and O–H groups in total. The number of rotatable bonds is 3. The van der Waals surface area contributed by atoms with Gasteiger partial charge in [0, 0.05) is 25.3 Å². The summed E-state index contributed by atoms with van der Waals surface area (Å²) in [6.45, 7) is 4.44. The maximum absolute atomic E-state index is 12.5. The second-order valence-corrected chi connectivity index (χ2v) is 7.26. The Kier molecular flexibility index (Phi) is 5.52. The highest BCUT2D eigenvalue weighted by molar-refractivity contribution is 5.94. The van der Waals surface area contributed by atoms with Gasteiger partial charge in [-0.1, -0.05) is 32.6 Å². The third-order valence-corrected chi connectivity index (χ3v) is 5.33. The second-order valence-electron chi connectivity index (χ2n) is 7.26. The van der Waals surface area contributed by atoms with Gasteiger partial charge in [-0.25, -0.2) is 0 Å². The molecule has 0 bridgehead atoms. The topological polar surface area (TPSA) is 45.2 Å². The summed E-state index contributed by atoms with van der Waals surface area (Å²) in [5.41, 5.74) is 1.79. The summed E-state index contributed by atoms with van der Waals surface area (Å²) in [4.78, 5) is 19.2. The Morgan fingerprint density at radius 2 is 1.78 bits per heavy atom. The predicted octanol–water partition coefficient (Wildman–Crippen LogP) is 3.77. The standard InChI is InChI=1S/C19H29N3O/c1-15-8-10-22(11-9-15)18-12-16(13-20-14-18)19(23)21-17-6-4-2-3-5-7-17/h12-15,17H,2-11H2,1H3,(H,21,23). The van der Waals surface area contributed by atoms with Crippen LogP contribution in [0, 0.1) is 5.92 Å². The Morgan fingerprint density at radius 1 is 1.09 bits per heavy atom. The molecule has 1 aromatic heterocycles. The third kappa shape index (κ3) is 4.46. The largest absolute Gasteiger partial charge is 0.370 e. The van der Waals surface area contributed by atoms with Crippen molar-refractivity contribution in [3.63, 3.8) is 0 Å². The lowest BCUT2D eigenvalue weighted by Gasteiger charge is -2.32. The maximum Gasteiger partial charge on any atom is 0.253 e. The number of hydrogen-bond acceptors (Lipinski definition) is 3. The van der Waals surface area contributed by atoms with Gasteiger partial charge in [0.2, 0.25) is 0 Å². The molecule has 2 fully saturated rings. The number of carbonyl (C=O) groups is 1. The summed E-state index contributed by atoms with van der Waals surface area (Å²) in [7, 11) is 0. The lowest BCUT2D eigenvalue weighted by Crippen LogP contribution is -2.35. The number of anilines is 1. The molecule has 0 atom stereocenters. The van der Waals surface area contributed by atoms with Crippen molar-refractivity contribution in [3.8, 4) is 0 Å². The molecule has 4 nitrogen and oxygen atoms in total. The predicted molar refractivity (Wildman–Crippen MR) is 93.8 cm³/mol. The van der Waals surface area contributed by atoms with Crippen molar-refractivity contribution < 1.29 is 4.79 Å². The Labute approximate surface area is 139 Å². The van der Waals surface area contributed by atoms with E-state index in [1.807, 2.05) is 12.3 Å². The number of carbonyl (C=O) groups excluding carboxylic acids is 1. The minimum Gasteiger partial charge on any atom is -0.370 e. The van der Waals surface area contributed by atoms with Crippen molar-refractivity contribution in [1.29, 1.82) is 0 Å². The van der Waals surface area contributed by atoms with Crippen molar-refractivity contribution in [2.24, 2.45) is 5.92 Å². The molecule has 2 aliphatic rings. The van der Waals surface area contributed by atoms with Crippen molar-refractivity contribution in [1.82, 2.24) is 10.3 Å². The van der Waals surface area contributed by atoms with E-state index in [0.717, 1.165) is 37.5 Å². The molecule has 1 saturated carbocycles. The highest BCUT2D eigenvalue weighted by Gasteiger charge is 2.19. The molecule has 2 heterocycles. The molecule has 0 spiro atoms. The van der Waals surface area contributed by atoms with Crippen LogP contribution >= 0.6 is 0 Å². The SMILES string of the molecule is CC1CCN(c2cncc(C(=O)NC3CCCCCC3)c2)CC1. The Morgan fingerprint density at radius 3 is 2.48 bits per heavy atom. The second kappa shape index (κ2) is 7.80. The number of amides is 1. The summed E-state index contributed by atoms with van der Waals surface area (Å²) in [5.74, 6) is 0.845. The fraction of sp³-hybridized carbons (Fsp3) is 0.684. The van der Waals surface area contributed by atoms with Crippen LogP contribution in [0.2, 0.25) is 0 Å². The van der Waals surface area contributed by atoms with E-state index in [1.54, 1.807) is 6.20 Å². The number of hydrogen-bond donors (Lipinski definition) is 1. The molecule has 4 heteroatoms. The summed E-state index contributed by atoms with van der Waals surface area (Å²) in [6, 6.07) is 2.35. The molecule has 0 aromatic carbocycles. The van der Waals surface area contributed by atoms with E-state index in [-0.39, 0.29) is 5.91 Å². The molecule has 1 amide bonds. The molecule has 1 aromatic rings. The van der Waals surface area contributed by atoms with Gasteiger partial charge in [0.1, 0.15) is 0 Å². The zero-order valence-corrected chi connectivity index (χ0v) is 14.3. The zero-order valence-electron chi connectivity index (χ0n) is 14.3. The van der Waals surface area contributed by atoms with Gasteiger partial charge >= 0.3 is 0 Å². The molecule has 23 heavy (non-hydrogen) atoms. The maximum atomic E-state index is 12.5. The van der Waals surface area contributed by atoms with Gasteiger partial charge in [0.15, 0.2) is 0 Å². The van der Waals surface area contributed by atoms with E-state index in [1.165, 1.54) is 38.5 Å². The minimum atomic E-state index is 0.0385. The van der Waals surface area contributed by atoms with Crippen LogP contribution in [-0.2, 0) is 0 Å². The van der Waals surface area contributed by atoms with Crippen LogP contribution in [0.3, 0.4) is 0 Å². The summed E-state index contributed by atoms with van der Waals surface area (Å²) < 4.78 is 0. The van der Waals surface area contributed by atoms with Crippen LogP contribution in [-0.4, -0.2) is 30.0 Å². The van der Waals surface area contributed by atoms with Crippen LogP contribution < -0.4 is 10.2 Å². The van der Waals surface area contributed by atoms with E-state index in [0.29, 0.717) is 11.6 Å². The van der Waals surface area contributed by atoms with Gasteiger partial charge < -0.3 is 10.2 Å². The fourth-order valence-corrected chi connectivity index (χ4v) is 3.68. The summed E-state index contributed by atoms with van der Waals surface area (Å²) in [5, 5.41) is 3.21. The first-order valence-electron chi connectivity index (χ1n) is 9.23. The smallest absolute Gasteiger partial charge is 0.253 e. The number of nitrogens with zero attached hydrogens (tertiary/aromatic N) is 2. The summed E-state index contributed by atoms with van der Waals surface area (Å²) in [6.07, 6.45) is 13.3. The molecular formula is C19H29N3O. The van der Waals surface area contributed by atoms with Crippen LogP contribution in [0.15, 0.2) is 18.5 Å². The molecule has 1 saturated heterocycles. The highest BCUT2D eigenvalue weighted by Crippen LogP contribution is 2.23. The van der Waals surface area contributed by atoms with Gasteiger partial charge in [-0.2, -0.15) is 0 Å². The Hall–Kier alpha value is -1.58. The van der Waals surface area contributed by atoms with E-state index >= 15 is 0 Å². The quantitative estimate of drug-likeness (QED) is 0.864. The zero-order chi connectivity index (χ0) is 16.1. The van der Waals surface area contributed by atoms with Gasteiger partial charge in [-0.15, -0.1) is 0 Å². The molecule has 126 valence electrons. The Bertz CT molecular complexity index is 515. The van der Waals surface area contributed by atoms with E-state index in [4.69, 9.17) is 0 Å². The monoisotopic (exact) mass is 315 g/mol. The first kappa shape index (κ1) is 16.3. The van der Waals surface area contributed by atoms with Crippen LogP contribution in [0.1, 0.15) is 68.6 Å². The minimum absolute atomic E-state index is 0.0385. The lowest BCUT2D eigenvalue weighted by molar-refractivity contribution is 0.0933. The van der Waals surface area contributed by atoms with Crippen LogP contribution in [0.5, 0.6) is 0 Å². The first-order valence-corrected chi connectivity index (χ1v) is 9.23. The van der Waals surface area contributed by atoms with Crippen LogP contribution in [0.4, 0.5) is 5.69 Å². The average molecular weight is 315 g/mol. The van der Waals surface area contributed by atoms with Crippen molar-refractivity contribution in [3.05, 3.63) is 24.0 Å². The lowest BCUT2D eigenvalue weighted by atomic mass is 9.99. The molecular weight excluding hydrogens is 286 g/mol. The van der Waals surface area contributed by atoms with E-state index < -0.39 is 0 Å². The fourth-order valence-electron chi connectivity index (χ4n) is 3.68. The van der Waals surface area contributed by atoms with Gasteiger partial charge in [-0.3, -0.25) is 9.78 Å². The number of aromatic nitrogens is 1. The van der Waals surface area contributed by atoms with Crippen molar-refractivity contribution >= 4 is 11.6 Å². The van der Waals surface area contributed by atoms with Crippen molar-refractivity contribution in [2.45, 2.75) is 64.3 Å². The van der Waals surface area contributed by atoms with Gasteiger partial charge in [0.25, 0.3) is 5.91 Å². The molecule has 3 rings (SSSR count). The normalized spacial score (nSPS) is 21.0. The van der Waals surface area contributed by atoms with Crippen LogP contribution in [0.25, 0.3) is 0 Å². The number of piperidine rings is 1. The van der Waals surface area contributed by atoms with Gasteiger partial charge in [-0.05, 0) is 37.7 Å². The molecule has 0 radical (unpaired) electrons. The third-order valence-electron chi connectivity index (χ3n) is 5.33. The summed E-state index contributed by atoms with van der Waals surface area (Å²) >= 11 is 0. The molecule has 1 aliphatic heterocycles. The van der Waals surface area contributed by atoms with E-state index in [9.17, 15) is 4.79 Å². The molecule has 0 unspecified atom stereocenters.